The second-order valence-corrected chi connectivity index (χ2v) is 6.02. The van der Waals surface area contributed by atoms with E-state index < -0.39 is 0 Å². The Morgan fingerprint density at radius 1 is 1.40 bits per heavy atom. The number of hydrogen-bond donors (Lipinski definition) is 1. The van der Waals surface area contributed by atoms with Gasteiger partial charge < -0.3 is 5.32 Å². The van der Waals surface area contributed by atoms with Gasteiger partial charge in [0.1, 0.15) is 0 Å². The van der Waals surface area contributed by atoms with E-state index in [1.807, 2.05) is 0 Å². The highest BCUT2D eigenvalue weighted by Gasteiger charge is 2.29. The molecule has 0 radical (unpaired) electrons. The molecule has 0 aromatic heterocycles. The lowest BCUT2D eigenvalue weighted by Gasteiger charge is -2.22. The van der Waals surface area contributed by atoms with Crippen LogP contribution in [-0.2, 0) is 0 Å². The Kier molecular flexibility index (Phi) is 4.79. The zero-order chi connectivity index (χ0) is 10.5. The number of rotatable bonds is 5. The highest BCUT2D eigenvalue weighted by Crippen LogP contribution is 2.27. The molecular formula is C12H24N2S. The fraction of sp³-hybridized carbons (Fsp3) is 1.00. The van der Waals surface area contributed by atoms with E-state index in [0.717, 1.165) is 12.0 Å². The van der Waals surface area contributed by atoms with Crippen molar-refractivity contribution in [3.8, 4) is 0 Å². The van der Waals surface area contributed by atoms with E-state index in [4.69, 9.17) is 0 Å². The molecule has 2 aliphatic rings. The molecule has 0 aliphatic carbocycles. The first-order chi connectivity index (χ1) is 7.40. The molecule has 2 fully saturated rings. The van der Waals surface area contributed by atoms with Crippen LogP contribution >= 0.6 is 11.8 Å². The van der Waals surface area contributed by atoms with Gasteiger partial charge in [-0.25, -0.2) is 0 Å². The van der Waals surface area contributed by atoms with Gasteiger partial charge in [0.25, 0.3) is 0 Å². The molecule has 1 N–H and O–H groups in total. The third kappa shape index (κ3) is 3.36. The Morgan fingerprint density at radius 2 is 2.33 bits per heavy atom. The standard InChI is InChI=1S/C12H24N2S/c1-2-5-13-8-11-3-6-14(9-11)12-4-7-15-10-12/h11-13H,2-10H2,1H3. The van der Waals surface area contributed by atoms with E-state index in [0.29, 0.717) is 0 Å². The summed E-state index contributed by atoms with van der Waals surface area (Å²) in [6.45, 7) is 7.37. The molecule has 0 saturated carbocycles. The minimum atomic E-state index is 0.908. The average Bonchev–Trinajstić information content (AvgIpc) is 2.87. The van der Waals surface area contributed by atoms with Crippen molar-refractivity contribution < 1.29 is 0 Å². The van der Waals surface area contributed by atoms with E-state index >= 15 is 0 Å². The van der Waals surface area contributed by atoms with E-state index in [9.17, 15) is 0 Å². The summed E-state index contributed by atoms with van der Waals surface area (Å²) >= 11 is 2.13. The lowest BCUT2D eigenvalue weighted by atomic mass is 10.1. The molecule has 15 heavy (non-hydrogen) atoms. The zero-order valence-corrected chi connectivity index (χ0v) is 10.7. The molecule has 2 atom stereocenters. The maximum absolute atomic E-state index is 3.56. The molecule has 2 heterocycles. The van der Waals surface area contributed by atoms with Gasteiger partial charge in [0.15, 0.2) is 0 Å². The molecule has 0 bridgehead atoms. The fourth-order valence-electron chi connectivity index (χ4n) is 2.65. The molecule has 2 saturated heterocycles. The van der Waals surface area contributed by atoms with Gasteiger partial charge in [0.05, 0.1) is 0 Å². The maximum Gasteiger partial charge on any atom is 0.0194 e. The molecule has 0 amide bonds. The van der Waals surface area contributed by atoms with E-state index in [-0.39, 0.29) is 0 Å². The molecule has 0 aromatic rings. The average molecular weight is 228 g/mol. The normalized spacial score (nSPS) is 32.6. The number of thioether (sulfide) groups is 1. The summed E-state index contributed by atoms with van der Waals surface area (Å²) in [5, 5.41) is 3.56. The topological polar surface area (TPSA) is 15.3 Å². The third-order valence-electron chi connectivity index (χ3n) is 3.60. The lowest BCUT2D eigenvalue weighted by molar-refractivity contribution is 0.253. The third-order valence-corrected chi connectivity index (χ3v) is 4.74. The van der Waals surface area contributed by atoms with Gasteiger partial charge in [0.2, 0.25) is 0 Å². The summed E-state index contributed by atoms with van der Waals surface area (Å²) in [5.41, 5.74) is 0. The number of nitrogens with one attached hydrogen (secondary N) is 1. The monoisotopic (exact) mass is 228 g/mol. The van der Waals surface area contributed by atoms with Crippen molar-refractivity contribution >= 4 is 11.8 Å². The second-order valence-electron chi connectivity index (χ2n) is 4.87. The molecule has 2 rings (SSSR count). The second kappa shape index (κ2) is 6.12. The summed E-state index contributed by atoms with van der Waals surface area (Å²) in [7, 11) is 0. The fourth-order valence-corrected chi connectivity index (χ4v) is 3.91. The molecule has 2 unspecified atom stereocenters. The van der Waals surface area contributed by atoms with Crippen molar-refractivity contribution in [2.24, 2.45) is 5.92 Å². The van der Waals surface area contributed by atoms with Gasteiger partial charge in [-0.3, -0.25) is 4.90 Å². The van der Waals surface area contributed by atoms with Crippen LogP contribution in [0.1, 0.15) is 26.2 Å². The summed E-state index contributed by atoms with van der Waals surface area (Å²) in [4.78, 5) is 2.73. The van der Waals surface area contributed by atoms with E-state index in [1.54, 1.807) is 0 Å². The first-order valence-corrected chi connectivity index (χ1v) is 7.58. The van der Waals surface area contributed by atoms with Crippen LogP contribution in [0.3, 0.4) is 0 Å². The predicted octanol–water partition coefficient (Wildman–Crippen LogP) is 1.81. The molecule has 88 valence electrons. The SMILES string of the molecule is CCCNCC1CCN(C2CCSC2)C1. The first kappa shape index (κ1) is 11.7. The van der Waals surface area contributed by atoms with Crippen LogP contribution in [-0.4, -0.2) is 48.6 Å². The number of hydrogen-bond acceptors (Lipinski definition) is 3. The summed E-state index contributed by atoms with van der Waals surface area (Å²) in [6.07, 6.45) is 4.10. The largest absolute Gasteiger partial charge is 0.316 e. The Morgan fingerprint density at radius 3 is 3.07 bits per heavy atom. The van der Waals surface area contributed by atoms with Crippen molar-refractivity contribution in [2.45, 2.75) is 32.2 Å². The first-order valence-electron chi connectivity index (χ1n) is 6.42. The molecule has 3 heteroatoms. The van der Waals surface area contributed by atoms with Crippen LogP contribution in [0.25, 0.3) is 0 Å². The highest BCUT2D eigenvalue weighted by molar-refractivity contribution is 7.99. The van der Waals surface area contributed by atoms with Crippen molar-refractivity contribution in [3.05, 3.63) is 0 Å². The predicted molar refractivity (Wildman–Crippen MR) is 68.6 cm³/mol. The van der Waals surface area contributed by atoms with Crippen molar-refractivity contribution in [1.82, 2.24) is 10.2 Å². The van der Waals surface area contributed by atoms with E-state index in [1.165, 1.54) is 56.9 Å². The molecule has 2 nitrogen and oxygen atoms in total. The summed E-state index contributed by atoms with van der Waals surface area (Å²) < 4.78 is 0. The Balaban J connectivity index is 1.65. The van der Waals surface area contributed by atoms with Gasteiger partial charge in [0, 0.05) is 18.3 Å². The van der Waals surface area contributed by atoms with Crippen LogP contribution in [0.2, 0.25) is 0 Å². The lowest BCUT2D eigenvalue weighted by Crippen LogP contribution is -2.34. The Hall–Kier alpha value is 0.270. The van der Waals surface area contributed by atoms with Crippen LogP contribution in [0.5, 0.6) is 0 Å². The minimum absolute atomic E-state index is 0.908. The quantitative estimate of drug-likeness (QED) is 0.723. The number of likely N-dealkylation sites (tertiary alicyclic amines) is 1. The van der Waals surface area contributed by atoms with Gasteiger partial charge in [-0.05, 0) is 50.6 Å². The van der Waals surface area contributed by atoms with Crippen molar-refractivity contribution in [1.29, 1.82) is 0 Å². The van der Waals surface area contributed by atoms with Crippen LogP contribution in [0, 0.1) is 5.92 Å². The summed E-state index contributed by atoms with van der Waals surface area (Å²) in [5.74, 6) is 3.69. The van der Waals surface area contributed by atoms with Crippen LogP contribution in [0.4, 0.5) is 0 Å². The Bertz CT molecular complexity index is 180. The maximum atomic E-state index is 3.56. The minimum Gasteiger partial charge on any atom is -0.316 e. The highest BCUT2D eigenvalue weighted by atomic mass is 32.2. The molecule has 2 aliphatic heterocycles. The smallest absolute Gasteiger partial charge is 0.0194 e. The van der Waals surface area contributed by atoms with Gasteiger partial charge in [-0.15, -0.1) is 0 Å². The van der Waals surface area contributed by atoms with Crippen LogP contribution < -0.4 is 5.32 Å². The number of nitrogens with zero attached hydrogens (tertiary/aromatic N) is 1. The summed E-state index contributed by atoms with van der Waals surface area (Å²) in [6, 6.07) is 0.908. The van der Waals surface area contributed by atoms with Gasteiger partial charge in [-0.2, -0.15) is 11.8 Å². The van der Waals surface area contributed by atoms with Crippen molar-refractivity contribution in [2.75, 3.05) is 37.7 Å². The molecular weight excluding hydrogens is 204 g/mol. The van der Waals surface area contributed by atoms with Crippen molar-refractivity contribution in [3.63, 3.8) is 0 Å². The molecule has 0 aromatic carbocycles. The Labute approximate surface area is 98.2 Å². The van der Waals surface area contributed by atoms with E-state index in [2.05, 4.69) is 28.9 Å². The van der Waals surface area contributed by atoms with Crippen LogP contribution in [0.15, 0.2) is 0 Å². The zero-order valence-electron chi connectivity index (χ0n) is 9.87. The molecule has 0 spiro atoms. The van der Waals surface area contributed by atoms with Gasteiger partial charge in [-0.1, -0.05) is 6.92 Å². The van der Waals surface area contributed by atoms with Gasteiger partial charge >= 0.3 is 0 Å².